The Morgan fingerprint density at radius 1 is 1.00 bits per heavy atom. The number of amides is 2. The van der Waals surface area contributed by atoms with E-state index in [2.05, 4.69) is 10.1 Å². The quantitative estimate of drug-likeness (QED) is 0.544. The number of anilines is 1. The summed E-state index contributed by atoms with van der Waals surface area (Å²) in [6.07, 6.45) is -3.90. The Balaban J connectivity index is 1.35. The molecule has 1 N–H and O–H groups in total. The molecule has 1 fully saturated rings. The summed E-state index contributed by atoms with van der Waals surface area (Å²) < 4.78 is 48.3. The van der Waals surface area contributed by atoms with Crippen LogP contribution in [0.5, 0.6) is 11.5 Å². The number of methoxy groups -OCH3 is 1. The number of ether oxygens (including phenoxy) is 2. The molecule has 3 heterocycles. The van der Waals surface area contributed by atoms with Gasteiger partial charge in [0.15, 0.2) is 0 Å². The molecule has 2 aliphatic rings. The molecular formula is C26H24F3N3O4. The Hall–Kier alpha value is -3.95. The highest BCUT2D eigenvalue weighted by atomic mass is 19.4. The van der Waals surface area contributed by atoms with Crippen molar-refractivity contribution in [2.45, 2.75) is 25.2 Å². The number of alkyl halides is 3. The fraction of sp³-hybridized carbons (Fsp3) is 0.308. The number of piperidine rings is 1. The van der Waals surface area contributed by atoms with Gasteiger partial charge in [0, 0.05) is 36.8 Å². The first-order chi connectivity index (χ1) is 17.2. The van der Waals surface area contributed by atoms with Crippen LogP contribution in [0.15, 0.2) is 65.5 Å². The number of nitrogens with zero attached hydrogens (tertiary/aromatic N) is 2. The molecule has 0 saturated carbocycles. The number of carbonyl (C=O) groups is 1. The molecule has 2 aromatic carbocycles. The van der Waals surface area contributed by atoms with Gasteiger partial charge in [-0.15, -0.1) is 13.2 Å². The molecule has 7 nitrogen and oxygen atoms in total. The summed E-state index contributed by atoms with van der Waals surface area (Å²) in [6, 6.07) is 15.8. The van der Waals surface area contributed by atoms with Crippen LogP contribution in [-0.2, 0) is 6.54 Å². The number of urea groups is 1. The molecule has 0 unspecified atom stereocenters. The summed E-state index contributed by atoms with van der Waals surface area (Å²) in [5.41, 5.74) is 2.17. The number of halogens is 3. The zero-order valence-electron chi connectivity index (χ0n) is 19.4. The smallest absolute Gasteiger partial charge is 0.495 e. The van der Waals surface area contributed by atoms with Crippen LogP contribution in [0.4, 0.5) is 23.7 Å². The van der Waals surface area contributed by atoms with E-state index in [1.165, 1.54) is 24.3 Å². The van der Waals surface area contributed by atoms with Gasteiger partial charge in [-0.3, -0.25) is 4.79 Å². The maximum atomic E-state index is 13.3. The minimum absolute atomic E-state index is 0.00484. The topological polar surface area (TPSA) is 72.8 Å². The van der Waals surface area contributed by atoms with Crippen LogP contribution in [0.2, 0.25) is 0 Å². The molecular weight excluding hydrogens is 475 g/mol. The van der Waals surface area contributed by atoms with Gasteiger partial charge in [-0.2, -0.15) is 0 Å². The van der Waals surface area contributed by atoms with Crippen molar-refractivity contribution in [3.63, 3.8) is 0 Å². The summed E-state index contributed by atoms with van der Waals surface area (Å²) in [5.74, 6) is 0.344. The predicted molar refractivity (Wildman–Crippen MR) is 127 cm³/mol. The van der Waals surface area contributed by atoms with Crippen LogP contribution >= 0.6 is 0 Å². The monoisotopic (exact) mass is 499 g/mol. The molecule has 1 saturated heterocycles. The van der Waals surface area contributed by atoms with Crippen LogP contribution < -0.4 is 20.3 Å². The number of fused-ring (bicyclic) bond motifs is 4. The molecule has 1 aromatic heterocycles. The second-order valence-corrected chi connectivity index (χ2v) is 8.99. The van der Waals surface area contributed by atoms with Gasteiger partial charge in [0.2, 0.25) is 0 Å². The van der Waals surface area contributed by atoms with Crippen molar-refractivity contribution in [3.8, 4) is 22.6 Å². The molecule has 0 aliphatic carbocycles. The van der Waals surface area contributed by atoms with Crippen molar-refractivity contribution < 1.29 is 27.4 Å². The van der Waals surface area contributed by atoms with E-state index < -0.39 is 6.36 Å². The first-order valence-corrected chi connectivity index (χ1v) is 11.5. The van der Waals surface area contributed by atoms with Gasteiger partial charge in [0.1, 0.15) is 11.5 Å². The summed E-state index contributed by atoms with van der Waals surface area (Å²) in [5, 5.41) is 2.92. The summed E-state index contributed by atoms with van der Waals surface area (Å²) in [7, 11) is 1.55. The van der Waals surface area contributed by atoms with Gasteiger partial charge in [0.05, 0.1) is 12.8 Å². The van der Waals surface area contributed by atoms with Crippen LogP contribution in [-0.4, -0.2) is 42.1 Å². The third-order valence-electron chi connectivity index (χ3n) is 6.64. The van der Waals surface area contributed by atoms with Gasteiger partial charge >= 0.3 is 12.4 Å². The molecule has 0 radical (unpaired) electrons. The lowest BCUT2D eigenvalue weighted by Gasteiger charge is -2.42. The average Bonchev–Trinajstić information content (AvgIpc) is 2.84. The number of rotatable bonds is 4. The normalized spacial score (nSPS) is 18.8. The first kappa shape index (κ1) is 23.8. The Labute approximate surface area is 205 Å². The maximum absolute atomic E-state index is 13.3. The minimum Gasteiger partial charge on any atom is -0.495 e. The number of carbonyl (C=O) groups excluding carboxylic acids is 1. The second-order valence-electron chi connectivity index (χ2n) is 8.99. The largest absolute Gasteiger partial charge is 0.573 e. The maximum Gasteiger partial charge on any atom is 0.573 e. The molecule has 188 valence electrons. The number of para-hydroxylation sites is 2. The Kier molecular flexibility index (Phi) is 6.11. The third kappa shape index (κ3) is 4.75. The number of aromatic nitrogens is 1. The number of hydrogen-bond acceptors (Lipinski definition) is 4. The van der Waals surface area contributed by atoms with Crippen LogP contribution in [0.3, 0.4) is 0 Å². The zero-order valence-corrected chi connectivity index (χ0v) is 19.4. The highest BCUT2D eigenvalue weighted by Crippen LogP contribution is 2.36. The zero-order chi connectivity index (χ0) is 25.4. The van der Waals surface area contributed by atoms with E-state index in [1.54, 1.807) is 34.8 Å². The standard InChI is InChI=1S/C26H24F3N3O4/c1-35-23-5-3-2-4-21(23)30-25(34)31-13-16-12-18(15-31)22-11-10-20(24(33)32(22)14-16)17-6-8-19(9-7-17)36-26(27,28)29/h2-11,16,18H,12-15H2,1H3,(H,30,34)/t16-,18-/m1/s1. The van der Waals surface area contributed by atoms with E-state index >= 15 is 0 Å². The number of likely N-dealkylation sites (tertiary alicyclic amines) is 1. The Morgan fingerprint density at radius 3 is 2.47 bits per heavy atom. The van der Waals surface area contributed by atoms with Gasteiger partial charge in [-0.05, 0) is 54.3 Å². The molecule has 0 spiro atoms. The van der Waals surface area contributed by atoms with E-state index in [-0.39, 0.29) is 29.2 Å². The predicted octanol–water partition coefficient (Wildman–Crippen LogP) is 5.07. The fourth-order valence-electron chi connectivity index (χ4n) is 5.11. The summed E-state index contributed by atoms with van der Waals surface area (Å²) >= 11 is 0. The van der Waals surface area contributed by atoms with Crippen molar-refractivity contribution in [1.29, 1.82) is 0 Å². The first-order valence-electron chi connectivity index (χ1n) is 11.5. The average molecular weight is 499 g/mol. The molecule has 3 aromatic rings. The molecule has 2 aliphatic heterocycles. The van der Waals surface area contributed by atoms with Gasteiger partial charge in [-0.1, -0.05) is 24.3 Å². The molecule has 2 amide bonds. The van der Waals surface area contributed by atoms with Gasteiger partial charge in [-0.25, -0.2) is 4.79 Å². The van der Waals surface area contributed by atoms with Crippen molar-refractivity contribution in [1.82, 2.24) is 9.47 Å². The van der Waals surface area contributed by atoms with E-state index in [0.717, 1.165) is 12.1 Å². The molecule has 2 bridgehead atoms. The van der Waals surface area contributed by atoms with Crippen LogP contribution in [0.1, 0.15) is 18.0 Å². The SMILES string of the molecule is COc1ccccc1NC(=O)N1C[C@H]2C[C@H](C1)c1ccc(-c3ccc(OC(F)(F)F)cc3)c(=O)n1C2. The number of benzene rings is 2. The van der Waals surface area contributed by atoms with E-state index in [4.69, 9.17) is 4.74 Å². The van der Waals surface area contributed by atoms with Crippen LogP contribution in [0, 0.1) is 5.92 Å². The van der Waals surface area contributed by atoms with E-state index in [9.17, 15) is 22.8 Å². The lowest BCUT2D eigenvalue weighted by atomic mass is 9.83. The molecule has 36 heavy (non-hydrogen) atoms. The van der Waals surface area contributed by atoms with Crippen molar-refractivity contribution in [2.75, 3.05) is 25.5 Å². The van der Waals surface area contributed by atoms with E-state index in [0.29, 0.717) is 42.2 Å². The Morgan fingerprint density at radius 2 is 1.75 bits per heavy atom. The van der Waals surface area contributed by atoms with Crippen molar-refractivity contribution in [3.05, 3.63) is 76.7 Å². The minimum atomic E-state index is -4.78. The Bertz CT molecular complexity index is 1340. The highest BCUT2D eigenvalue weighted by molar-refractivity contribution is 5.91. The van der Waals surface area contributed by atoms with Crippen molar-refractivity contribution in [2.24, 2.45) is 5.92 Å². The van der Waals surface area contributed by atoms with Gasteiger partial charge in [0.25, 0.3) is 5.56 Å². The number of pyridine rings is 1. The number of nitrogens with one attached hydrogen (secondary N) is 1. The van der Waals surface area contributed by atoms with Crippen molar-refractivity contribution >= 4 is 11.7 Å². The molecule has 2 atom stereocenters. The van der Waals surface area contributed by atoms with Crippen LogP contribution in [0.25, 0.3) is 11.1 Å². The lowest BCUT2D eigenvalue weighted by Crippen LogP contribution is -2.50. The third-order valence-corrected chi connectivity index (χ3v) is 6.64. The summed E-state index contributed by atoms with van der Waals surface area (Å²) in [6.45, 7) is 1.45. The lowest BCUT2D eigenvalue weighted by molar-refractivity contribution is -0.274. The summed E-state index contributed by atoms with van der Waals surface area (Å²) in [4.78, 5) is 28.1. The fourth-order valence-corrected chi connectivity index (χ4v) is 5.11. The second kappa shape index (κ2) is 9.25. The number of hydrogen-bond donors (Lipinski definition) is 1. The molecule has 5 rings (SSSR count). The molecule has 10 heteroatoms. The highest BCUT2D eigenvalue weighted by Gasteiger charge is 2.37. The van der Waals surface area contributed by atoms with E-state index in [1.807, 2.05) is 18.2 Å². The van der Waals surface area contributed by atoms with Gasteiger partial charge < -0.3 is 24.3 Å².